The minimum Gasteiger partial charge on any atom is -0.355 e. The predicted octanol–water partition coefficient (Wildman–Crippen LogP) is 3.17. The molecular weight excluding hydrogens is 234 g/mol. The SMILES string of the molecule is CC(CNC(=O)C(C)(C)CCl)c1ccccc1. The standard InChI is InChI=1S/C14H20ClNO/c1-11(12-7-5-4-6-8-12)9-16-13(17)14(2,3)10-15/h4-8,11H,9-10H2,1-3H3,(H,16,17). The van der Waals surface area contributed by atoms with Crippen molar-refractivity contribution in [2.45, 2.75) is 26.7 Å². The second-order valence-corrected chi connectivity index (χ2v) is 5.31. The van der Waals surface area contributed by atoms with E-state index < -0.39 is 5.41 Å². The van der Waals surface area contributed by atoms with Crippen LogP contribution in [0.1, 0.15) is 32.3 Å². The molecule has 1 unspecified atom stereocenters. The first-order valence-corrected chi connectivity index (χ1v) is 6.40. The molecule has 2 nitrogen and oxygen atoms in total. The number of carbonyl (C=O) groups is 1. The first kappa shape index (κ1) is 14.0. The zero-order valence-electron chi connectivity index (χ0n) is 10.7. The second-order valence-electron chi connectivity index (χ2n) is 5.04. The minimum atomic E-state index is -0.502. The van der Waals surface area contributed by atoms with Crippen LogP contribution >= 0.6 is 11.6 Å². The van der Waals surface area contributed by atoms with Crippen LogP contribution in [0, 0.1) is 5.41 Å². The molecule has 17 heavy (non-hydrogen) atoms. The number of hydrogen-bond donors (Lipinski definition) is 1. The van der Waals surface area contributed by atoms with Crippen molar-refractivity contribution in [3.8, 4) is 0 Å². The van der Waals surface area contributed by atoms with E-state index >= 15 is 0 Å². The van der Waals surface area contributed by atoms with Gasteiger partial charge in [0.15, 0.2) is 0 Å². The fourth-order valence-corrected chi connectivity index (χ4v) is 1.57. The van der Waals surface area contributed by atoms with E-state index in [2.05, 4.69) is 24.4 Å². The van der Waals surface area contributed by atoms with Crippen molar-refractivity contribution in [1.82, 2.24) is 5.32 Å². The molecule has 1 aromatic rings. The van der Waals surface area contributed by atoms with Crippen molar-refractivity contribution in [3.63, 3.8) is 0 Å². The van der Waals surface area contributed by atoms with Gasteiger partial charge in [-0.25, -0.2) is 0 Å². The lowest BCUT2D eigenvalue weighted by atomic mass is 9.94. The summed E-state index contributed by atoms with van der Waals surface area (Å²) in [6, 6.07) is 10.2. The van der Waals surface area contributed by atoms with Crippen LogP contribution in [0.25, 0.3) is 0 Å². The largest absolute Gasteiger partial charge is 0.355 e. The molecule has 0 fully saturated rings. The summed E-state index contributed by atoms with van der Waals surface area (Å²) in [7, 11) is 0. The van der Waals surface area contributed by atoms with Gasteiger partial charge in [0.2, 0.25) is 5.91 Å². The van der Waals surface area contributed by atoms with Crippen molar-refractivity contribution in [2.75, 3.05) is 12.4 Å². The van der Waals surface area contributed by atoms with Gasteiger partial charge in [-0.15, -0.1) is 11.6 Å². The maximum Gasteiger partial charge on any atom is 0.226 e. The van der Waals surface area contributed by atoms with Crippen molar-refractivity contribution >= 4 is 17.5 Å². The van der Waals surface area contributed by atoms with E-state index in [0.29, 0.717) is 18.3 Å². The number of amides is 1. The zero-order valence-corrected chi connectivity index (χ0v) is 11.4. The van der Waals surface area contributed by atoms with Crippen molar-refractivity contribution in [1.29, 1.82) is 0 Å². The van der Waals surface area contributed by atoms with Crippen LogP contribution in [0.5, 0.6) is 0 Å². The van der Waals surface area contributed by atoms with E-state index in [-0.39, 0.29) is 5.91 Å². The van der Waals surface area contributed by atoms with Gasteiger partial charge in [0.05, 0.1) is 5.41 Å². The van der Waals surface area contributed by atoms with Gasteiger partial charge in [-0.2, -0.15) is 0 Å². The van der Waals surface area contributed by atoms with Crippen molar-refractivity contribution in [3.05, 3.63) is 35.9 Å². The number of nitrogens with one attached hydrogen (secondary N) is 1. The number of alkyl halides is 1. The van der Waals surface area contributed by atoms with Gasteiger partial charge in [0.25, 0.3) is 0 Å². The quantitative estimate of drug-likeness (QED) is 0.803. The molecule has 0 aliphatic rings. The van der Waals surface area contributed by atoms with Crippen LogP contribution in [0.3, 0.4) is 0 Å². The summed E-state index contributed by atoms with van der Waals surface area (Å²) < 4.78 is 0. The monoisotopic (exact) mass is 253 g/mol. The Morgan fingerprint density at radius 3 is 2.47 bits per heavy atom. The normalized spacial score (nSPS) is 13.2. The third-order valence-corrected chi connectivity index (χ3v) is 3.55. The van der Waals surface area contributed by atoms with Gasteiger partial charge < -0.3 is 5.32 Å². The summed E-state index contributed by atoms with van der Waals surface area (Å²) >= 11 is 5.76. The fraction of sp³-hybridized carbons (Fsp3) is 0.500. The molecule has 1 atom stereocenters. The highest BCUT2D eigenvalue weighted by atomic mass is 35.5. The first-order valence-electron chi connectivity index (χ1n) is 5.86. The Balaban J connectivity index is 2.49. The molecule has 0 saturated heterocycles. The Morgan fingerprint density at radius 1 is 1.35 bits per heavy atom. The maximum atomic E-state index is 11.8. The molecular formula is C14H20ClNO. The lowest BCUT2D eigenvalue weighted by molar-refractivity contribution is -0.128. The number of carbonyl (C=O) groups excluding carboxylic acids is 1. The van der Waals surface area contributed by atoms with E-state index in [4.69, 9.17) is 11.6 Å². The average Bonchev–Trinajstić information content (AvgIpc) is 2.36. The van der Waals surface area contributed by atoms with Gasteiger partial charge in [-0.05, 0) is 25.3 Å². The van der Waals surface area contributed by atoms with Gasteiger partial charge in [-0.1, -0.05) is 37.3 Å². The lowest BCUT2D eigenvalue weighted by Crippen LogP contribution is -2.39. The molecule has 94 valence electrons. The minimum absolute atomic E-state index is 0.00952. The molecule has 0 bridgehead atoms. The summed E-state index contributed by atoms with van der Waals surface area (Å²) in [5.74, 6) is 0.653. The number of rotatable bonds is 5. The molecule has 0 aliphatic heterocycles. The molecule has 0 aromatic heterocycles. The third-order valence-electron chi connectivity index (χ3n) is 2.89. The number of benzene rings is 1. The number of halogens is 1. The Morgan fingerprint density at radius 2 is 1.94 bits per heavy atom. The molecule has 1 N–H and O–H groups in total. The highest BCUT2D eigenvalue weighted by Gasteiger charge is 2.26. The van der Waals surface area contributed by atoms with Crippen LogP contribution in [0.15, 0.2) is 30.3 Å². The van der Waals surface area contributed by atoms with E-state index in [1.54, 1.807) is 0 Å². The topological polar surface area (TPSA) is 29.1 Å². The summed E-state index contributed by atoms with van der Waals surface area (Å²) in [6.45, 7) is 6.44. The van der Waals surface area contributed by atoms with Crippen LogP contribution in [-0.2, 0) is 4.79 Å². The molecule has 0 aliphatic carbocycles. The van der Waals surface area contributed by atoms with Gasteiger partial charge in [0, 0.05) is 12.4 Å². The van der Waals surface area contributed by atoms with E-state index in [1.165, 1.54) is 5.56 Å². The maximum absolute atomic E-state index is 11.8. The van der Waals surface area contributed by atoms with Crippen molar-refractivity contribution in [2.24, 2.45) is 5.41 Å². The molecule has 0 heterocycles. The highest BCUT2D eigenvalue weighted by Crippen LogP contribution is 2.18. The summed E-state index contributed by atoms with van der Waals surface area (Å²) in [5, 5.41) is 2.95. The fourth-order valence-electron chi connectivity index (χ4n) is 1.45. The van der Waals surface area contributed by atoms with Crippen LogP contribution in [0.2, 0.25) is 0 Å². The van der Waals surface area contributed by atoms with Gasteiger partial charge in [0.1, 0.15) is 0 Å². The summed E-state index contributed by atoms with van der Waals surface area (Å²) in [4.78, 5) is 11.8. The smallest absolute Gasteiger partial charge is 0.226 e. The van der Waals surface area contributed by atoms with Crippen molar-refractivity contribution < 1.29 is 4.79 Å². The van der Waals surface area contributed by atoms with E-state index in [0.717, 1.165) is 0 Å². The van der Waals surface area contributed by atoms with Crippen LogP contribution in [-0.4, -0.2) is 18.3 Å². The Labute approximate surface area is 108 Å². The Hall–Kier alpha value is -1.02. The summed E-state index contributed by atoms with van der Waals surface area (Å²) in [6.07, 6.45) is 0. The van der Waals surface area contributed by atoms with Crippen LogP contribution in [0.4, 0.5) is 0 Å². The molecule has 1 aromatic carbocycles. The second kappa shape index (κ2) is 6.06. The molecule has 3 heteroatoms. The van der Waals surface area contributed by atoms with Crippen LogP contribution < -0.4 is 5.32 Å². The number of hydrogen-bond acceptors (Lipinski definition) is 1. The van der Waals surface area contributed by atoms with E-state index in [1.807, 2.05) is 32.0 Å². The molecule has 1 amide bonds. The van der Waals surface area contributed by atoms with E-state index in [9.17, 15) is 4.79 Å². The molecule has 0 radical (unpaired) electrons. The summed E-state index contributed by atoms with van der Waals surface area (Å²) in [5.41, 5.74) is 0.731. The predicted molar refractivity (Wildman–Crippen MR) is 72.4 cm³/mol. The first-order chi connectivity index (χ1) is 7.97. The Bertz CT molecular complexity index is 362. The molecule has 1 rings (SSSR count). The van der Waals surface area contributed by atoms with Gasteiger partial charge in [-0.3, -0.25) is 4.79 Å². The lowest BCUT2D eigenvalue weighted by Gasteiger charge is -2.22. The molecule has 0 saturated carbocycles. The zero-order chi connectivity index (χ0) is 12.9. The third kappa shape index (κ3) is 4.04. The Kier molecular flexibility index (Phi) is 5.01. The molecule has 0 spiro atoms. The average molecular weight is 254 g/mol. The van der Waals surface area contributed by atoms with Gasteiger partial charge >= 0.3 is 0 Å². The highest BCUT2D eigenvalue weighted by molar-refractivity contribution is 6.19.